The van der Waals surface area contributed by atoms with Gasteiger partial charge in [0.2, 0.25) is 5.91 Å². The number of carbonyl (C=O) groups is 2. The first kappa shape index (κ1) is 21.9. The molecule has 1 saturated heterocycles. The van der Waals surface area contributed by atoms with E-state index < -0.39 is 0 Å². The molecule has 5 nitrogen and oxygen atoms in total. The van der Waals surface area contributed by atoms with Gasteiger partial charge in [-0.15, -0.1) is 0 Å². The van der Waals surface area contributed by atoms with Crippen molar-refractivity contribution < 1.29 is 14.3 Å². The lowest BCUT2D eigenvalue weighted by molar-refractivity contribution is -0.127. The quantitative estimate of drug-likeness (QED) is 0.627. The van der Waals surface area contributed by atoms with Crippen LogP contribution in [0.5, 0.6) is 5.75 Å². The maximum atomic E-state index is 13.4. The minimum absolute atomic E-state index is 0.0119. The van der Waals surface area contributed by atoms with Crippen LogP contribution in [0, 0.1) is 12.8 Å². The predicted octanol–water partition coefficient (Wildman–Crippen LogP) is 4.89. The molecule has 3 aromatic rings. The Kier molecular flexibility index (Phi) is 6.45. The van der Waals surface area contributed by atoms with Crippen molar-refractivity contribution in [2.75, 3.05) is 20.2 Å². The monoisotopic (exact) mass is 430 g/mol. The summed E-state index contributed by atoms with van der Waals surface area (Å²) >= 11 is 0. The van der Waals surface area contributed by atoms with Crippen LogP contribution in [0.4, 0.5) is 0 Å². The van der Waals surface area contributed by atoms with Crippen LogP contribution >= 0.6 is 0 Å². The second kappa shape index (κ2) is 9.43. The van der Waals surface area contributed by atoms with Gasteiger partial charge >= 0.3 is 0 Å². The molecule has 1 heterocycles. The van der Waals surface area contributed by atoms with E-state index in [4.69, 9.17) is 4.74 Å². The average molecular weight is 431 g/mol. The lowest BCUT2D eigenvalue weighted by Gasteiger charge is -2.33. The van der Waals surface area contributed by atoms with Crippen LogP contribution in [0.1, 0.15) is 47.3 Å². The van der Waals surface area contributed by atoms with Gasteiger partial charge in [-0.1, -0.05) is 48.5 Å². The molecule has 1 aliphatic heterocycles. The summed E-state index contributed by atoms with van der Waals surface area (Å²) in [5, 5.41) is 4.95. The number of benzene rings is 3. The molecular weight excluding hydrogens is 400 g/mol. The van der Waals surface area contributed by atoms with Crippen molar-refractivity contribution >= 4 is 22.6 Å². The summed E-state index contributed by atoms with van der Waals surface area (Å²) < 4.78 is 5.46. The molecule has 5 heteroatoms. The van der Waals surface area contributed by atoms with Crippen LogP contribution in [-0.2, 0) is 4.79 Å². The number of nitrogens with zero attached hydrogens (tertiary/aromatic N) is 1. The molecule has 0 aliphatic carbocycles. The van der Waals surface area contributed by atoms with Gasteiger partial charge in [-0.2, -0.15) is 0 Å². The summed E-state index contributed by atoms with van der Waals surface area (Å²) in [6.45, 7) is 5.16. The highest BCUT2D eigenvalue weighted by Gasteiger charge is 2.30. The molecule has 2 unspecified atom stereocenters. The largest absolute Gasteiger partial charge is 0.496 e. The topological polar surface area (TPSA) is 58.6 Å². The van der Waals surface area contributed by atoms with Crippen molar-refractivity contribution in [3.63, 3.8) is 0 Å². The fourth-order valence-corrected chi connectivity index (χ4v) is 4.66. The number of fused-ring (bicyclic) bond motifs is 1. The van der Waals surface area contributed by atoms with E-state index in [1.807, 2.05) is 66.4 Å². The van der Waals surface area contributed by atoms with Crippen molar-refractivity contribution in [1.82, 2.24) is 10.2 Å². The molecule has 1 aliphatic rings. The molecule has 1 fully saturated rings. The van der Waals surface area contributed by atoms with Crippen LogP contribution in [0.15, 0.2) is 60.7 Å². The number of amides is 2. The second-order valence-corrected chi connectivity index (χ2v) is 8.54. The van der Waals surface area contributed by atoms with Crippen molar-refractivity contribution in [2.24, 2.45) is 5.92 Å². The molecule has 2 atom stereocenters. The smallest absolute Gasteiger partial charge is 0.254 e. The summed E-state index contributed by atoms with van der Waals surface area (Å²) in [6.07, 6.45) is 1.61. The number of methoxy groups -OCH3 is 1. The van der Waals surface area contributed by atoms with Gasteiger partial charge in [0, 0.05) is 24.0 Å². The van der Waals surface area contributed by atoms with Gasteiger partial charge in [-0.25, -0.2) is 0 Å². The van der Waals surface area contributed by atoms with E-state index >= 15 is 0 Å². The normalized spacial score (nSPS) is 17.1. The van der Waals surface area contributed by atoms with E-state index in [9.17, 15) is 9.59 Å². The summed E-state index contributed by atoms with van der Waals surface area (Å²) in [5.41, 5.74) is 2.93. The second-order valence-electron chi connectivity index (χ2n) is 8.54. The number of aryl methyl sites for hydroxylation is 1. The van der Waals surface area contributed by atoms with Gasteiger partial charge in [0.05, 0.1) is 19.1 Å². The molecule has 0 aromatic heterocycles. The fourth-order valence-electron chi connectivity index (χ4n) is 4.66. The van der Waals surface area contributed by atoms with Crippen LogP contribution in [0.3, 0.4) is 0 Å². The van der Waals surface area contributed by atoms with E-state index in [1.54, 1.807) is 7.11 Å². The van der Waals surface area contributed by atoms with E-state index in [-0.39, 0.29) is 23.8 Å². The molecule has 166 valence electrons. The zero-order chi connectivity index (χ0) is 22.7. The van der Waals surface area contributed by atoms with E-state index in [0.717, 1.165) is 40.5 Å². The Morgan fingerprint density at radius 3 is 2.50 bits per heavy atom. The number of nitrogens with one attached hydrogen (secondary N) is 1. The summed E-state index contributed by atoms with van der Waals surface area (Å²) in [7, 11) is 1.63. The Bertz CT molecular complexity index is 1140. The third-order valence-corrected chi connectivity index (χ3v) is 6.43. The lowest BCUT2D eigenvalue weighted by atomic mass is 9.94. The molecule has 0 spiro atoms. The zero-order valence-corrected chi connectivity index (χ0v) is 18.9. The van der Waals surface area contributed by atoms with Crippen LogP contribution in [0.2, 0.25) is 0 Å². The van der Waals surface area contributed by atoms with Crippen LogP contribution in [0.25, 0.3) is 10.8 Å². The number of ether oxygens (including phenoxy) is 1. The van der Waals surface area contributed by atoms with Crippen LogP contribution in [-0.4, -0.2) is 36.9 Å². The SMILES string of the molecule is COc1ccc(C(=O)N2CCCC(C(=O)NC(C)c3ccccc3C)C2)c2ccccc12. The standard InChI is InChI=1S/C27H30N2O3/c1-18-9-4-5-11-21(18)19(2)28-26(30)20-10-8-16-29(17-20)27(31)24-14-15-25(32-3)23-13-7-6-12-22(23)24/h4-7,9,11-15,19-20H,8,10,16-17H2,1-3H3,(H,28,30). The highest BCUT2D eigenvalue weighted by molar-refractivity contribution is 6.08. The lowest BCUT2D eigenvalue weighted by Crippen LogP contribution is -2.46. The molecular formula is C27H30N2O3. The molecule has 3 aromatic carbocycles. The minimum Gasteiger partial charge on any atom is -0.496 e. The Labute approximate surface area is 189 Å². The summed E-state index contributed by atoms with van der Waals surface area (Å²) in [5.74, 6) is 0.521. The number of hydrogen-bond donors (Lipinski definition) is 1. The summed E-state index contributed by atoms with van der Waals surface area (Å²) in [6, 6.07) is 19.5. The van der Waals surface area contributed by atoms with Gasteiger partial charge in [-0.3, -0.25) is 9.59 Å². The fraction of sp³-hybridized carbons (Fsp3) is 0.333. The maximum Gasteiger partial charge on any atom is 0.254 e. The Balaban J connectivity index is 1.49. The Morgan fingerprint density at radius 1 is 1.03 bits per heavy atom. The van der Waals surface area contributed by atoms with Gasteiger partial charge in [-0.05, 0) is 55.3 Å². The van der Waals surface area contributed by atoms with Crippen LogP contribution < -0.4 is 10.1 Å². The van der Waals surface area contributed by atoms with Crippen molar-refractivity contribution in [1.29, 1.82) is 0 Å². The first-order valence-corrected chi connectivity index (χ1v) is 11.2. The maximum absolute atomic E-state index is 13.4. The minimum atomic E-state index is -0.205. The summed E-state index contributed by atoms with van der Waals surface area (Å²) in [4.78, 5) is 28.3. The molecule has 0 saturated carbocycles. The number of rotatable bonds is 5. The first-order chi connectivity index (χ1) is 15.5. The third-order valence-electron chi connectivity index (χ3n) is 6.43. The van der Waals surface area contributed by atoms with E-state index in [1.165, 1.54) is 0 Å². The van der Waals surface area contributed by atoms with E-state index in [2.05, 4.69) is 18.3 Å². The predicted molar refractivity (Wildman–Crippen MR) is 127 cm³/mol. The Hall–Kier alpha value is -3.34. The van der Waals surface area contributed by atoms with Crippen molar-refractivity contribution in [2.45, 2.75) is 32.7 Å². The first-order valence-electron chi connectivity index (χ1n) is 11.2. The highest BCUT2D eigenvalue weighted by Crippen LogP contribution is 2.30. The Morgan fingerprint density at radius 2 is 1.75 bits per heavy atom. The third kappa shape index (κ3) is 4.33. The molecule has 1 N–H and O–H groups in total. The number of hydrogen-bond acceptors (Lipinski definition) is 3. The number of carbonyl (C=O) groups excluding carboxylic acids is 2. The van der Waals surface area contributed by atoms with Gasteiger partial charge in [0.15, 0.2) is 0 Å². The number of likely N-dealkylation sites (tertiary alicyclic amines) is 1. The van der Waals surface area contributed by atoms with E-state index in [0.29, 0.717) is 18.7 Å². The van der Waals surface area contributed by atoms with Crippen molar-refractivity contribution in [3.8, 4) is 5.75 Å². The van der Waals surface area contributed by atoms with Crippen molar-refractivity contribution in [3.05, 3.63) is 77.4 Å². The van der Waals surface area contributed by atoms with Gasteiger partial charge in [0.1, 0.15) is 5.75 Å². The molecule has 32 heavy (non-hydrogen) atoms. The van der Waals surface area contributed by atoms with Gasteiger partial charge in [0.25, 0.3) is 5.91 Å². The molecule has 0 bridgehead atoms. The molecule has 2 amide bonds. The molecule has 4 rings (SSSR count). The van der Waals surface area contributed by atoms with Gasteiger partial charge < -0.3 is 15.0 Å². The molecule has 0 radical (unpaired) electrons. The number of piperidine rings is 1. The highest BCUT2D eigenvalue weighted by atomic mass is 16.5. The average Bonchev–Trinajstić information content (AvgIpc) is 2.83. The zero-order valence-electron chi connectivity index (χ0n) is 18.9.